The van der Waals surface area contributed by atoms with Crippen LogP contribution in [0.1, 0.15) is 46.1 Å². The van der Waals surface area contributed by atoms with E-state index in [9.17, 15) is 18.0 Å². The molecule has 0 radical (unpaired) electrons. The number of amides is 1. The van der Waals surface area contributed by atoms with Crippen LogP contribution in [0.4, 0.5) is 13.2 Å². The van der Waals surface area contributed by atoms with Gasteiger partial charge in [0, 0.05) is 23.7 Å². The number of alkyl halides is 3. The molecule has 0 unspecified atom stereocenters. The normalized spacial score (nSPS) is 14.2. The first kappa shape index (κ1) is 17.0. The summed E-state index contributed by atoms with van der Waals surface area (Å²) in [5.41, 5.74) is 0.360. The molecular weight excluding hydrogens is 333 g/mol. The van der Waals surface area contributed by atoms with Crippen LogP contribution in [0.3, 0.4) is 0 Å². The number of hydrogen-bond acceptors (Lipinski definition) is 3. The monoisotopic (exact) mass is 348 g/mol. The fraction of sp³-hybridized carbons (Fsp3) is 0.353. The molecule has 0 bridgehead atoms. The van der Waals surface area contributed by atoms with Crippen LogP contribution in [-0.4, -0.2) is 22.2 Å². The maximum Gasteiger partial charge on any atom is 0.435 e. The van der Waals surface area contributed by atoms with Gasteiger partial charge in [-0.1, -0.05) is 6.07 Å². The van der Waals surface area contributed by atoms with Gasteiger partial charge in [0.1, 0.15) is 0 Å². The third-order valence-electron chi connectivity index (χ3n) is 3.96. The Hall–Kier alpha value is -2.82. The highest BCUT2D eigenvalue weighted by atomic mass is 19.4. The Labute approximate surface area is 142 Å². The smallest absolute Gasteiger partial charge is 0.350 e. The van der Waals surface area contributed by atoms with Gasteiger partial charge in [0.15, 0.2) is 5.69 Å². The molecule has 1 amide bonds. The molecule has 2 aromatic rings. The van der Waals surface area contributed by atoms with E-state index in [2.05, 4.69) is 10.4 Å². The standard InChI is InChI=1S/C17H15F3N4O/c18-17(19,20)15-9-14(12-4-5-12)24(23-15)7-6-22-16(25)13-3-1-2-11(8-13)10-21/h1-3,8-9,12H,4-7H2,(H,22,25). The molecule has 1 aromatic heterocycles. The minimum absolute atomic E-state index is 0.117. The zero-order chi connectivity index (χ0) is 18.0. The van der Waals surface area contributed by atoms with Gasteiger partial charge in [0.25, 0.3) is 5.91 Å². The van der Waals surface area contributed by atoms with Gasteiger partial charge < -0.3 is 5.32 Å². The molecule has 130 valence electrons. The zero-order valence-corrected chi connectivity index (χ0v) is 13.2. The van der Waals surface area contributed by atoms with Gasteiger partial charge in [-0.3, -0.25) is 9.48 Å². The number of aromatic nitrogens is 2. The SMILES string of the molecule is N#Cc1cccc(C(=O)NCCn2nc(C(F)(F)F)cc2C2CC2)c1. The lowest BCUT2D eigenvalue weighted by atomic mass is 10.1. The largest absolute Gasteiger partial charge is 0.435 e. The Bertz CT molecular complexity index is 831. The van der Waals surface area contributed by atoms with E-state index in [1.165, 1.54) is 10.7 Å². The molecular formula is C17H15F3N4O. The summed E-state index contributed by atoms with van der Waals surface area (Å²) < 4.78 is 39.8. The van der Waals surface area contributed by atoms with Crippen molar-refractivity contribution in [3.63, 3.8) is 0 Å². The molecule has 0 atom stereocenters. The number of hydrogen-bond donors (Lipinski definition) is 1. The van der Waals surface area contributed by atoms with Crippen LogP contribution < -0.4 is 5.32 Å². The van der Waals surface area contributed by atoms with Gasteiger partial charge in [0.2, 0.25) is 0 Å². The molecule has 1 aliphatic carbocycles. The minimum atomic E-state index is -4.48. The summed E-state index contributed by atoms with van der Waals surface area (Å²) in [6, 6.07) is 9.25. The van der Waals surface area contributed by atoms with Crippen LogP contribution in [0.15, 0.2) is 30.3 Å². The van der Waals surface area contributed by atoms with Crippen LogP contribution in [0.5, 0.6) is 0 Å². The second kappa shape index (κ2) is 6.59. The highest BCUT2D eigenvalue weighted by molar-refractivity contribution is 5.94. The van der Waals surface area contributed by atoms with Crippen molar-refractivity contribution in [2.75, 3.05) is 6.54 Å². The molecule has 1 saturated carbocycles. The van der Waals surface area contributed by atoms with Crippen molar-refractivity contribution in [1.29, 1.82) is 5.26 Å². The summed E-state index contributed by atoms with van der Waals surface area (Å²) >= 11 is 0. The molecule has 3 rings (SSSR count). The lowest BCUT2D eigenvalue weighted by Crippen LogP contribution is -2.28. The highest BCUT2D eigenvalue weighted by Crippen LogP contribution is 2.42. The number of nitrogens with one attached hydrogen (secondary N) is 1. The van der Waals surface area contributed by atoms with Crippen molar-refractivity contribution in [1.82, 2.24) is 15.1 Å². The number of carbonyl (C=O) groups is 1. The van der Waals surface area contributed by atoms with Crippen LogP contribution >= 0.6 is 0 Å². The first-order valence-corrected chi connectivity index (χ1v) is 7.82. The summed E-state index contributed by atoms with van der Waals surface area (Å²) in [6.45, 7) is 0.305. The summed E-state index contributed by atoms with van der Waals surface area (Å²) in [5.74, 6) is -0.264. The Balaban J connectivity index is 1.64. The maximum atomic E-state index is 12.8. The van der Waals surface area contributed by atoms with Gasteiger partial charge in [-0.2, -0.15) is 23.5 Å². The predicted molar refractivity (Wildman–Crippen MR) is 82.7 cm³/mol. The Morgan fingerprint density at radius 1 is 1.36 bits per heavy atom. The number of benzene rings is 1. The van der Waals surface area contributed by atoms with Gasteiger partial charge in [-0.05, 0) is 37.1 Å². The molecule has 1 aliphatic rings. The molecule has 1 heterocycles. The highest BCUT2D eigenvalue weighted by Gasteiger charge is 2.37. The average Bonchev–Trinajstić information content (AvgIpc) is 3.33. The average molecular weight is 348 g/mol. The zero-order valence-electron chi connectivity index (χ0n) is 13.2. The second-order valence-corrected chi connectivity index (χ2v) is 5.90. The van der Waals surface area contributed by atoms with E-state index >= 15 is 0 Å². The number of carbonyl (C=O) groups excluding carboxylic acids is 1. The summed E-state index contributed by atoms with van der Waals surface area (Å²) in [5, 5.41) is 15.1. The molecule has 0 aliphatic heterocycles. The third-order valence-corrected chi connectivity index (χ3v) is 3.96. The van der Waals surface area contributed by atoms with Crippen molar-refractivity contribution >= 4 is 5.91 Å². The maximum absolute atomic E-state index is 12.8. The van der Waals surface area contributed by atoms with Crippen LogP contribution in [-0.2, 0) is 12.7 Å². The number of nitrogens with zero attached hydrogens (tertiary/aromatic N) is 3. The molecule has 8 heteroatoms. The van der Waals surface area contributed by atoms with Crippen LogP contribution in [0.2, 0.25) is 0 Å². The van der Waals surface area contributed by atoms with E-state index < -0.39 is 11.9 Å². The van der Waals surface area contributed by atoms with Crippen molar-refractivity contribution in [3.05, 3.63) is 52.8 Å². The number of rotatable bonds is 5. The van der Waals surface area contributed by atoms with Crippen molar-refractivity contribution in [3.8, 4) is 6.07 Å². The Morgan fingerprint density at radius 2 is 2.12 bits per heavy atom. The fourth-order valence-electron chi connectivity index (χ4n) is 2.56. The van der Waals surface area contributed by atoms with Crippen LogP contribution in [0, 0.1) is 11.3 Å². The van der Waals surface area contributed by atoms with E-state index in [1.807, 2.05) is 6.07 Å². The second-order valence-electron chi connectivity index (χ2n) is 5.90. The van der Waals surface area contributed by atoms with Crippen molar-refractivity contribution in [2.45, 2.75) is 31.5 Å². The fourth-order valence-corrected chi connectivity index (χ4v) is 2.56. The molecule has 0 spiro atoms. The van der Waals surface area contributed by atoms with E-state index in [0.29, 0.717) is 16.8 Å². The third kappa shape index (κ3) is 3.99. The van der Waals surface area contributed by atoms with Gasteiger partial charge in [-0.25, -0.2) is 0 Å². The molecule has 1 fully saturated rings. The lowest BCUT2D eigenvalue weighted by Gasteiger charge is -2.08. The Morgan fingerprint density at radius 3 is 2.76 bits per heavy atom. The molecule has 25 heavy (non-hydrogen) atoms. The van der Waals surface area contributed by atoms with Crippen molar-refractivity contribution < 1.29 is 18.0 Å². The van der Waals surface area contributed by atoms with Gasteiger partial charge >= 0.3 is 6.18 Å². The Kier molecular flexibility index (Phi) is 4.49. The summed E-state index contributed by atoms with van der Waals surface area (Å²) in [4.78, 5) is 12.1. The van der Waals surface area contributed by atoms with E-state index in [-0.39, 0.29) is 24.9 Å². The topological polar surface area (TPSA) is 70.7 Å². The van der Waals surface area contributed by atoms with Gasteiger partial charge in [-0.15, -0.1) is 0 Å². The van der Waals surface area contributed by atoms with Crippen LogP contribution in [0.25, 0.3) is 0 Å². The first-order valence-electron chi connectivity index (χ1n) is 7.82. The van der Waals surface area contributed by atoms with Gasteiger partial charge in [0.05, 0.1) is 18.2 Å². The summed E-state index contributed by atoms with van der Waals surface area (Å²) in [6.07, 6.45) is -2.76. The molecule has 1 N–H and O–H groups in total. The molecule has 1 aromatic carbocycles. The first-order chi connectivity index (χ1) is 11.9. The quantitative estimate of drug-likeness (QED) is 0.903. The van der Waals surface area contributed by atoms with E-state index in [0.717, 1.165) is 18.9 Å². The minimum Gasteiger partial charge on any atom is -0.350 e. The lowest BCUT2D eigenvalue weighted by molar-refractivity contribution is -0.141. The van der Waals surface area contributed by atoms with E-state index in [1.54, 1.807) is 18.2 Å². The van der Waals surface area contributed by atoms with Crippen molar-refractivity contribution in [2.24, 2.45) is 0 Å². The van der Waals surface area contributed by atoms with E-state index in [4.69, 9.17) is 5.26 Å². The summed E-state index contributed by atoms with van der Waals surface area (Å²) in [7, 11) is 0. The molecule has 0 saturated heterocycles. The predicted octanol–water partition coefficient (Wildman–Crippen LogP) is 3.08. The number of halogens is 3. The molecule has 5 nitrogen and oxygen atoms in total. The number of nitriles is 1.